The van der Waals surface area contributed by atoms with E-state index in [0.29, 0.717) is 45.8 Å². The average Bonchev–Trinajstić information content (AvgIpc) is 3.23. The Kier molecular flexibility index (Phi) is 5.44. The van der Waals surface area contributed by atoms with Gasteiger partial charge in [0.05, 0.1) is 35.6 Å². The molecule has 206 valence electrons. The second-order valence-corrected chi connectivity index (χ2v) is 11.1. The van der Waals surface area contributed by atoms with Gasteiger partial charge >= 0.3 is 12.2 Å². The first-order valence-corrected chi connectivity index (χ1v) is 12.7. The number of carboxylic acid groups (broad SMARTS) is 1. The van der Waals surface area contributed by atoms with Crippen molar-refractivity contribution in [2.75, 3.05) is 17.3 Å². The largest absolute Gasteiger partial charge is 0.497 e. The lowest BCUT2D eigenvalue weighted by molar-refractivity contribution is -0.119. The first kappa shape index (κ1) is 25.4. The van der Waals surface area contributed by atoms with Crippen LogP contribution in [0.1, 0.15) is 44.2 Å². The predicted molar refractivity (Wildman–Crippen MR) is 145 cm³/mol. The maximum Gasteiger partial charge on any atom is 0.435 e. The molecule has 2 aromatic carbocycles. The Morgan fingerprint density at radius 3 is 2.60 bits per heavy atom. The van der Waals surface area contributed by atoms with Crippen LogP contribution in [-0.4, -0.2) is 55.5 Å². The van der Waals surface area contributed by atoms with Gasteiger partial charge in [-0.25, -0.2) is 14.5 Å². The maximum atomic E-state index is 13.6. The summed E-state index contributed by atoms with van der Waals surface area (Å²) in [5.41, 5.74) is 1.13. The number of amides is 2. The number of hydrogen-bond donors (Lipinski definition) is 2. The SMILES string of the molecule is COc1ccc2c(c1)[C@]1(C[C@H]1c1ccc3c(Nc4cnn(C)c4)nn(C(=O)OC(C)(C)C)c3c1)C(=O)N2C(=O)O. The molecule has 1 aliphatic carbocycles. The van der Waals surface area contributed by atoms with Gasteiger partial charge in [-0.3, -0.25) is 9.48 Å². The highest BCUT2D eigenvalue weighted by Crippen LogP contribution is 2.66. The molecule has 0 bridgehead atoms. The molecule has 1 spiro atoms. The van der Waals surface area contributed by atoms with Crippen molar-refractivity contribution in [3.63, 3.8) is 0 Å². The Balaban J connectivity index is 1.44. The highest BCUT2D eigenvalue weighted by molar-refractivity contribution is 6.22. The second-order valence-electron chi connectivity index (χ2n) is 11.1. The Bertz CT molecular complexity index is 1720. The molecule has 2 N–H and O–H groups in total. The fraction of sp³-hybridized carbons (Fsp3) is 0.321. The molecule has 4 aromatic rings. The van der Waals surface area contributed by atoms with Gasteiger partial charge in [-0.15, -0.1) is 5.10 Å². The van der Waals surface area contributed by atoms with Crippen LogP contribution in [0.2, 0.25) is 0 Å². The minimum absolute atomic E-state index is 0.309. The van der Waals surface area contributed by atoms with Gasteiger partial charge in [-0.05, 0) is 68.7 Å². The maximum absolute atomic E-state index is 13.6. The van der Waals surface area contributed by atoms with Crippen LogP contribution in [0.4, 0.5) is 26.8 Å². The van der Waals surface area contributed by atoms with E-state index < -0.39 is 29.1 Å². The molecule has 12 nitrogen and oxygen atoms in total. The smallest absolute Gasteiger partial charge is 0.435 e. The highest BCUT2D eigenvalue weighted by Gasteiger charge is 2.68. The van der Waals surface area contributed by atoms with Gasteiger partial charge in [0.15, 0.2) is 5.82 Å². The summed E-state index contributed by atoms with van der Waals surface area (Å²) in [4.78, 5) is 39.6. The van der Waals surface area contributed by atoms with Gasteiger partial charge in [0.2, 0.25) is 5.91 Å². The summed E-state index contributed by atoms with van der Waals surface area (Å²) < 4.78 is 13.8. The van der Waals surface area contributed by atoms with Crippen molar-refractivity contribution in [2.45, 2.75) is 44.1 Å². The number of carbonyl (C=O) groups excluding carboxylic acids is 2. The number of aryl methyl sites for hydroxylation is 1. The van der Waals surface area contributed by atoms with Crippen LogP contribution in [-0.2, 0) is 22.0 Å². The quantitative estimate of drug-likeness (QED) is 0.372. The molecule has 12 heteroatoms. The molecular formula is C28H28N6O6. The Labute approximate surface area is 229 Å². The summed E-state index contributed by atoms with van der Waals surface area (Å²) in [6, 6.07) is 10.5. The summed E-state index contributed by atoms with van der Waals surface area (Å²) in [6.45, 7) is 5.32. The average molecular weight is 545 g/mol. The number of aromatic nitrogens is 4. The number of anilines is 3. The molecule has 2 aromatic heterocycles. The summed E-state index contributed by atoms with van der Waals surface area (Å²) in [6.07, 6.45) is 1.87. The van der Waals surface area contributed by atoms with E-state index in [1.807, 2.05) is 18.2 Å². The number of methoxy groups -OCH3 is 1. The first-order valence-electron chi connectivity index (χ1n) is 12.7. The van der Waals surface area contributed by atoms with E-state index in [2.05, 4.69) is 15.5 Å². The highest BCUT2D eigenvalue weighted by atomic mass is 16.6. The fourth-order valence-corrected chi connectivity index (χ4v) is 5.52. The number of carbonyl (C=O) groups is 3. The van der Waals surface area contributed by atoms with Crippen molar-refractivity contribution in [2.24, 2.45) is 7.05 Å². The summed E-state index contributed by atoms with van der Waals surface area (Å²) in [7, 11) is 3.32. The van der Waals surface area contributed by atoms with Crippen LogP contribution in [0.15, 0.2) is 48.8 Å². The van der Waals surface area contributed by atoms with Crippen molar-refractivity contribution in [3.05, 3.63) is 59.9 Å². The zero-order chi connectivity index (χ0) is 28.6. The third kappa shape index (κ3) is 3.86. The molecule has 1 aliphatic heterocycles. The van der Waals surface area contributed by atoms with Crippen LogP contribution in [0.5, 0.6) is 5.75 Å². The molecule has 0 radical (unpaired) electrons. The summed E-state index contributed by atoms with van der Waals surface area (Å²) in [5, 5.41) is 22.4. The molecule has 3 heterocycles. The van der Waals surface area contributed by atoms with E-state index in [1.54, 1.807) is 63.1 Å². The van der Waals surface area contributed by atoms with Crippen molar-refractivity contribution >= 4 is 46.2 Å². The number of nitrogens with zero attached hydrogens (tertiary/aromatic N) is 5. The molecule has 1 fully saturated rings. The zero-order valence-electron chi connectivity index (χ0n) is 22.6. The van der Waals surface area contributed by atoms with E-state index in [9.17, 15) is 19.5 Å². The third-order valence-corrected chi connectivity index (χ3v) is 7.30. The van der Waals surface area contributed by atoms with E-state index in [1.165, 1.54) is 11.8 Å². The van der Waals surface area contributed by atoms with Gasteiger partial charge in [0.25, 0.3) is 0 Å². The molecule has 2 aliphatic rings. The van der Waals surface area contributed by atoms with Crippen LogP contribution in [0.3, 0.4) is 0 Å². The third-order valence-electron chi connectivity index (χ3n) is 7.30. The van der Waals surface area contributed by atoms with Crippen LogP contribution < -0.4 is 15.0 Å². The number of rotatable bonds is 4. The molecular weight excluding hydrogens is 516 g/mol. The lowest BCUT2D eigenvalue weighted by Crippen LogP contribution is -2.36. The van der Waals surface area contributed by atoms with E-state index in [0.717, 1.165) is 10.5 Å². The first-order chi connectivity index (χ1) is 18.9. The van der Waals surface area contributed by atoms with Crippen molar-refractivity contribution in [1.29, 1.82) is 0 Å². The van der Waals surface area contributed by atoms with Crippen LogP contribution >= 0.6 is 0 Å². The van der Waals surface area contributed by atoms with E-state index in [4.69, 9.17) is 9.47 Å². The van der Waals surface area contributed by atoms with E-state index >= 15 is 0 Å². The fourth-order valence-electron chi connectivity index (χ4n) is 5.52. The Morgan fingerprint density at radius 1 is 1.18 bits per heavy atom. The Morgan fingerprint density at radius 2 is 1.95 bits per heavy atom. The Hall–Kier alpha value is -4.87. The molecule has 0 saturated heterocycles. The summed E-state index contributed by atoms with van der Waals surface area (Å²) in [5.74, 6) is 0.174. The molecule has 2 atom stereocenters. The second kappa shape index (κ2) is 8.57. The topological polar surface area (TPSA) is 141 Å². The summed E-state index contributed by atoms with van der Waals surface area (Å²) >= 11 is 0. The molecule has 6 rings (SSSR count). The van der Waals surface area contributed by atoms with Crippen LogP contribution in [0, 0.1) is 0 Å². The molecule has 40 heavy (non-hydrogen) atoms. The minimum Gasteiger partial charge on any atom is -0.497 e. The number of imide groups is 1. The molecule has 1 saturated carbocycles. The molecule has 0 unspecified atom stereocenters. The number of ether oxygens (including phenoxy) is 2. The van der Waals surface area contributed by atoms with Gasteiger partial charge in [-0.2, -0.15) is 9.78 Å². The monoisotopic (exact) mass is 544 g/mol. The molecule has 2 amide bonds. The standard InChI is InChI=1S/C28H28N6O6/c1-27(2,3)40-26(38)34-22-10-15(6-8-18(22)23(31-34)30-16-13-29-32(4)14-16)20-12-28(20)19-11-17(39-5)7-9-21(19)33(24(28)35)25(36)37/h6-11,13-14,20H,12H2,1-5H3,(H,30,31)(H,36,37)/t20-,28-/m0/s1. The van der Waals surface area contributed by atoms with Gasteiger partial charge < -0.3 is 19.9 Å². The van der Waals surface area contributed by atoms with Crippen molar-refractivity contribution in [1.82, 2.24) is 19.6 Å². The van der Waals surface area contributed by atoms with E-state index in [-0.39, 0.29) is 5.92 Å². The van der Waals surface area contributed by atoms with Gasteiger partial charge in [0.1, 0.15) is 11.4 Å². The lowest BCUT2D eigenvalue weighted by Gasteiger charge is -2.19. The van der Waals surface area contributed by atoms with Crippen molar-refractivity contribution < 1.29 is 29.0 Å². The van der Waals surface area contributed by atoms with Gasteiger partial charge in [-0.1, -0.05) is 6.07 Å². The number of fused-ring (bicyclic) bond motifs is 3. The van der Waals surface area contributed by atoms with Crippen molar-refractivity contribution in [3.8, 4) is 5.75 Å². The minimum atomic E-state index is -1.33. The number of hydrogen-bond acceptors (Lipinski definition) is 8. The van der Waals surface area contributed by atoms with Gasteiger partial charge in [0, 0.05) is 24.5 Å². The number of nitrogens with one attached hydrogen (secondary N) is 1. The normalized spacial score (nSPS) is 19.7. The lowest BCUT2D eigenvalue weighted by atomic mass is 9.91. The number of benzene rings is 2. The van der Waals surface area contributed by atoms with Crippen LogP contribution in [0.25, 0.3) is 10.9 Å². The zero-order valence-corrected chi connectivity index (χ0v) is 22.6. The predicted octanol–water partition coefficient (Wildman–Crippen LogP) is 4.76.